The number of rotatable bonds is 4. The third-order valence-corrected chi connectivity index (χ3v) is 3.01. The Labute approximate surface area is 110 Å². The van der Waals surface area contributed by atoms with Crippen molar-refractivity contribution in [1.82, 2.24) is 0 Å². The van der Waals surface area contributed by atoms with E-state index in [1.165, 1.54) is 6.92 Å². The number of esters is 1. The van der Waals surface area contributed by atoms with Gasteiger partial charge in [0.1, 0.15) is 5.38 Å². The summed E-state index contributed by atoms with van der Waals surface area (Å²) in [4.78, 5) is 23.0. The Morgan fingerprint density at radius 2 is 2.06 bits per heavy atom. The van der Waals surface area contributed by atoms with Crippen LogP contribution in [0.25, 0.3) is 0 Å². The molecule has 1 aromatic rings. The molecule has 0 radical (unpaired) electrons. The van der Waals surface area contributed by atoms with Crippen molar-refractivity contribution in [1.29, 1.82) is 0 Å². The van der Waals surface area contributed by atoms with Crippen molar-refractivity contribution in [2.75, 3.05) is 6.61 Å². The van der Waals surface area contributed by atoms with Crippen molar-refractivity contribution in [3.8, 4) is 0 Å². The zero-order valence-electron chi connectivity index (χ0n) is 9.50. The molecule has 0 aliphatic heterocycles. The van der Waals surface area contributed by atoms with Gasteiger partial charge in [-0.25, -0.2) is 4.79 Å². The van der Waals surface area contributed by atoms with Crippen molar-refractivity contribution >= 4 is 35.0 Å². The van der Waals surface area contributed by atoms with Gasteiger partial charge in [0.15, 0.2) is 5.78 Å². The lowest BCUT2D eigenvalue weighted by molar-refractivity contribution is -0.116. The van der Waals surface area contributed by atoms with Gasteiger partial charge >= 0.3 is 5.97 Å². The standard InChI is InChI=1S/C12H12Cl2O3/c1-3-17-12(16)10-8(11(14)7(2)15)5-4-6-9(10)13/h4-6,11H,3H2,1-2H3. The molecule has 0 N–H and O–H groups in total. The van der Waals surface area contributed by atoms with Gasteiger partial charge in [0.25, 0.3) is 0 Å². The minimum Gasteiger partial charge on any atom is -0.462 e. The molecule has 0 spiro atoms. The van der Waals surface area contributed by atoms with E-state index >= 15 is 0 Å². The fraction of sp³-hybridized carbons (Fsp3) is 0.333. The molecule has 0 heterocycles. The first-order chi connectivity index (χ1) is 7.99. The number of benzene rings is 1. The third-order valence-electron chi connectivity index (χ3n) is 2.16. The minimum absolute atomic E-state index is 0.159. The van der Waals surface area contributed by atoms with Gasteiger partial charge in [-0.2, -0.15) is 0 Å². The first-order valence-electron chi connectivity index (χ1n) is 5.09. The van der Waals surface area contributed by atoms with Gasteiger partial charge in [-0.15, -0.1) is 11.6 Å². The number of carbonyl (C=O) groups excluding carboxylic acids is 2. The maximum Gasteiger partial charge on any atom is 0.339 e. The SMILES string of the molecule is CCOC(=O)c1c(Cl)cccc1C(Cl)C(C)=O. The molecule has 92 valence electrons. The van der Waals surface area contributed by atoms with Crippen molar-refractivity contribution in [2.24, 2.45) is 0 Å². The normalized spacial score (nSPS) is 12.0. The van der Waals surface area contributed by atoms with Crippen LogP contribution in [0, 0.1) is 0 Å². The molecule has 1 rings (SSSR count). The minimum atomic E-state index is -0.895. The summed E-state index contributed by atoms with van der Waals surface area (Å²) in [6, 6.07) is 4.79. The van der Waals surface area contributed by atoms with Crippen LogP contribution in [-0.2, 0) is 9.53 Å². The van der Waals surface area contributed by atoms with Gasteiger partial charge in [0, 0.05) is 0 Å². The molecule has 5 heteroatoms. The number of alkyl halides is 1. The number of carbonyl (C=O) groups is 2. The first kappa shape index (κ1) is 14.0. The van der Waals surface area contributed by atoms with E-state index in [1.54, 1.807) is 25.1 Å². The second-order valence-electron chi connectivity index (χ2n) is 3.40. The zero-order valence-corrected chi connectivity index (χ0v) is 11.0. The summed E-state index contributed by atoms with van der Waals surface area (Å²) >= 11 is 11.9. The van der Waals surface area contributed by atoms with Gasteiger partial charge in [0.05, 0.1) is 17.2 Å². The van der Waals surface area contributed by atoms with Crippen LogP contribution >= 0.6 is 23.2 Å². The average molecular weight is 275 g/mol. The number of ether oxygens (including phenoxy) is 1. The fourth-order valence-electron chi connectivity index (χ4n) is 1.39. The molecule has 0 bridgehead atoms. The van der Waals surface area contributed by atoms with E-state index in [1.807, 2.05) is 0 Å². The fourth-order valence-corrected chi connectivity index (χ4v) is 1.83. The Balaban J connectivity index is 3.26. The molecule has 17 heavy (non-hydrogen) atoms. The van der Waals surface area contributed by atoms with Gasteiger partial charge in [-0.1, -0.05) is 23.7 Å². The van der Waals surface area contributed by atoms with Crippen LogP contribution < -0.4 is 0 Å². The van der Waals surface area contributed by atoms with E-state index in [4.69, 9.17) is 27.9 Å². The van der Waals surface area contributed by atoms with E-state index in [9.17, 15) is 9.59 Å². The summed E-state index contributed by atoms with van der Waals surface area (Å²) < 4.78 is 4.89. The molecule has 1 unspecified atom stereocenters. The Hall–Kier alpha value is -1.06. The highest BCUT2D eigenvalue weighted by molar-refractivity contribution is 6.35. The highest BCUT2D eigenvalue weighted by atomic mass is 35.5. The molecular formula is C12H12Cl2O3. The topological polar surface area (TPSA) is 43.4 Å². The van der Waals surface area contributed by atoms with Gasteiger partial charge < -0.3 is 4.74 Å². The summed E-state index contributed by atoms with van der Waals surface area (Å²) in [6.07, 6.45) is 0. The Morgan fingerprint density at radius 3 is 2.59 bits per heavy atom. The summed E-state index contributed by atoms with van der Waals surface area (Å²) in [6.45, 7) is 3.28. The first-order valence-corrected chi connectivity index (χ1v) is 5.90. The van der Waals surface area contributed by atoms with Crippen LogP contribution in [0.4, 0.5) is 0 Å². The molecule has 0 saturated heterocycles. The average Bonchev–Trinajstić information content (AvgIpc) is 2.27. The smallest absolute Gasteiger partial charge is 0.339 e. The van der Waals surface area contributed by atoms with Gasteiger partial charge in [0.2, 0.25) is 0 Å². The molecule has 0 aromatic heterocycles. The highest BCUT2D eigenvalue weighted by Crippen LogP contribution is 2.30. The molecule has 1 atom stereocenters. The second kappa shape index (κ2) is 6.03. The lowest BCUT2D eigenvalue weighted by atomic mass is 10.0. The van der Waals surface area contributed by atoms with E-state index in [0.29, 0.717) is 5.56 Å². The Bertz CT molecular complexity index is 443. The monoisotopic (exact) mass is 274 g/mol. The third kappa shape index (κ3) is 3.20. The predicted octanol–water partition coefficient (Wildman–Crippen LogP) is 3.39. The maximum atomic E-state index is 11.7. The number of hydrogen-bond acceptors (Lipinski definition) is 3. The summed E-state index contributed by atoms with van der Waals surface area (Å²) in [5.41, 5.74) is 0.538. The van der Waals surface area contributed by atoms with Crippen LogP contribution in [0.3, 0.4) is 0 Å². The summed E-state index contributed by atoms with van der Waals surface area (Å²) in [5, 5.41) is -0.666. The number of hydrogen-bond donors (Lipinski definition) is 0. The van der Waals surface area contributed by atoms with Crippen molar-refractivity contribution in [3.63, 3.8) is 0 Å². The van der Waals surface area contributed by atoms with Crippen LogP contribution in [0.5, 0.6) is 0 Å². The molecule has 0 amide bonds. The molecule has 0 fully saturated rings. The van der Waals surface area contributed by atoms with Crippen LogP contribution in [-0.4, -0.2) is 18.4 Å². The van der Waals surface area contributed by atoms with E-state index in [0.717, 1.165) is 0 Å². The van der Waals surface area contributed by atoms with E-state index in [-0.39, 0.29) is 23.0 Å². The van der Waals surface area contributed by atoms with E-state index in [2.05, 4.69) is 0 Å². The number of ketones is 1. The molecule has 0 aliphatic carbocycles. The van der Waals surface area contributed by atoms with Gasteiger partial charge in [-0.3, -0.25) is 4.79 Å². The molecule has 0 aliphatic rings. The van der Waals surface area contributed by atoms with Gasteiger partial charge in [-0.05, 0) is 25.5 Å². The maximum absolute atomic E-state index is 11.7. The molecule has 1 aromatic carbocycles. The molecule has 3 nitrogen and oxygen atoms in total. The lowest BCUT2D eigenvalue weighted by Crippen LogP contribution is -2.12. The molecule has 0 saturated carbocycles. The molecular weight excluding hydrogens is 263 g/mol. The lowest BCUT2D eigenvalue weighted by Gasteiger charge is -2.13. The number of Topliss-reactive ketones (excluding diaryl/α,β-unsaturated/α-hetero) is 1. The zero-order chi connectivity index (χ0) is 13.0. The van der Waals surface area contributed by atoms with Crippen LogP contribution in [0.15, 0.2) is 18.2 Å². The predicted molar refractivity (Wildman–Crippen MR) is 66.7 cm³/mol. The van der Waals surface area contributed by atoms with Crippen molar-refractivity contribution < 1.29 is 14.3 Å². The quantitative estimate of drug-likeness (QED) is 0.625. The van der Waals surface area contributed by atoms with Crippen molar-refractivity contribution in [2.45, 2.75) is 19.2 Å². The van der Waals surface area contributed by atoms with Crippen LogP contribution in [0.1, 0.15) is 35.1 Å². The van der Waals surface area contributed by atoms with Crippen LogP contribution in [0.2, 0.25) is 5.02 Å². The van der Waals surface area contributed by atoms with E-state index < -0.39 is 11.3 Å². The Morgan fingerprint density at radius 1 is 1.41 bits per heavy atom. The summed E-state index contributed by atoms with van der Waals surface area (Å²) in [7, 11) is 0. The Kier molecular flexibility index (Phi) is 4.97. The largest absolute Gasteiger partial charge is 0.462 e. The van der Waals surface area contributed by atoms with Crippen molar-refractivity contribution in [3.05, 3.63) is 34.3 Å². The highest BCUT2D eigenvalue weighted by Gasteiger charge is 2.23. The summed E-state index contributed by atoms with van der Waals surface area (Å²) in [5.74, 6) is -0.820. The number of halogens is 2. The second-order valence-corrected chi connectivity index (χ2v) is 4.24.